The Morgan fingerprint density at radius 3 is 2.68 bits per heavy atom. The third kappa shape index (κ3) is 3.30. The number of nitrogens with one attached hydrogen (secondary N) is 1. The molecule has 0 unspecified atom stereocenters. The summed E-state index contributed by atoms with van der Waals surface area (Å²) in [7, 11) is 0. The first-order valence-corrected chi connectivity index (χ1v) is 10.6. The van der Waals surface area contributed by atoms with Gasteiger partial charge in [-0.3, -0.25) is 23.5 Å². The molecule has 4 aromatic heterocycles. The Hall–Kier alpha value is -3.79. The summed E-state index contributed by atoms with van der Waals surface area (Å²) in [5.41, 5.74) is 0.702. The van der Waals surface area contributed by atoms with Gasteiger partial charge in [-0.05, 0) is 6.92 Å². The summed E-state index contributed by atoms with van der Waals surface area (Å²) in [6.45, 7) is 2.08. The van der Waals surface area contributed by atoms with Crippen LogP contribution >= 0.6 is 11.3 Å². The van der Waals surface area contributed by atoms with E-state index in [1.807, 2.05) is 28.2 Å². The highest BCUT2D eigenvalue weighted by molar-refractivity contribution is 7.15. The summed E-state index contributed by atoms with van der Waals surface area (Å²) in [5.74, 6) is 0.351. The topological polar surface area (TPSA) is 107 Å². The minimum absolute atomic E-state index is 0.0664. The number of H-pyrrole nitrogens is 1. The number of nitrogens with zero attached hydrogens (tertiary/aromatic N) is 5. The van der Waals surface area contributed by atoms with Gasteiger partial charge in [0.05, 0.1) is 12.2 Å². The van der Waals surface area contributed by atoms with Gasteiger partial charge in [-0.25, -0.2) is 14.8 Å². The van der Waals surface area contributed by atoms with Crippen molar-refractivity contribution in [3.63, 3.8) is 0 Å². The van der Waals surface area contributed by atoms with E-state index in [0.717, 1.165) is 10.7 Å². The highest BCUT2D eigenvalue weighted by Crippen LogP contribution is 2.18. The van der Waals surface area contributed by atoms with E-state index in [1.54, 1.807) is 35.8 Å². The summed E-state index contributed by atoms with van der Waals surface area (Å²) >= 11 is 1.52. The van der Waals surface area contributed by atoms with Gasteiger partial charge in [0, 0.05) is 36.3 Å². The lowest BCUT2D eigenvalue weighted by atomic mass is 10.1. The number of aromatic nitrogens is 6. The van der Waals surface area contributed by atoms with Gasteiger partial charge in [0.2, 0.25) is 0 Å². The molecule has 0 atom stereocenters. The van der Waals surface area contributed by atoms with Gasteiger partial charge in [0.15, 0.2) is 21.9 Å². The number of Topliss-reactive ketones (excluding diaryl/α,β-unsaturated/α-hetero) is 1. The van der Waals surface area contributed by atoms with Crippen LogP contribution in [0.2, 0.25) is 0 Å². The number of ketones is 1. The van der Waals surface area contributed by atoms with Crippen molar-refractivity contribution < 1.29 is 4.79 Å². The molecule has 0 spiro atoms. The number of hydrogen-bond acceptors (Lipinski definition) is 6. The van der Waals surface area contributed by atoms with E-state index >= 15 is 0 Å². The molecule has 0 aliphatic carbocycles. The van der Waals surface area contributed by atoms with Crippen LogP contribution in [0.4, 0.5) is 0 Å². The normalized spacial score (nSPS) is 11.5. The second-order valence-corrected chi connectivity index (χ2v) is 7.95. The summed E-state index contributed by atoms with van der Waals surface area (Å²) in [6.07, 6.45) is 4.13. The zero-order valence-corrected chi connectivity index (χ0v) is 17.4. The number of aromatic amines is 1. The number of hydrogen-bond donors (Lipinski definition) is 1. The predicted molar refractivity (Wildman–Crippen MR) is 117 cm³/mol. The molecule has 5 rings (SSSR count). The summed E-state index contributed by atoms with van der Waals surface area (Å²) in [4.78, 5) is 50.3. The number of rotatable bonds is 6. The van der Waals surface area contributed by atoms with Crippen LogP contribution in [-0.4, -0.2) is 34.3 Å². The van der Waals surface area contributed by atoms with Crippen LogP contribution in [0.5, 0.6) is 0 Å². The van der Waals surface area contributed by atoms with Crippen LogP contribution in [0.3, 0.4) is 0 Å². The van der Waals surface area contributed by atoms with Crippen LogP contribution in [0.1, 0.15) is 28.8 Å². The molecule has 5 aromatic rings. The molecule has 0 amide bonds. The van der Waals surface area contributed by atoms with Crippen LogP contribution in [-0.2, 0) is 19.5 Å². The van der Waals surface area contributed by atoms with Crippen molar-refractivity contribution in [3.05, 3.63) is 86.0 Å². The Kier molecular flexibility index (Phi) is 4.63. The van der Waals surface area contributed by atoms with E-state index in [2.05, 4.69) is 15.0 Å². The molecule has 0 saturated carbocycles. The number of carbonyl (C=O) groups excluding carboxylic acids is 1. The Morgan fingerprint density at radius 1 is 1.13 bits per heavy atom. The molecule has 156 valence electrons. The van der Waals surface area contributed by atoms with Crippen molar-refractivity contribution in [1.29, 1.82) is 0 Å². The molecular formula is C21H18N6O3S. The molecule has 1 aromatic carbocycles. The molecule has 0 aliphatic heterocycles. The zero-order valence-electron chi connectivity index (χ0n) is 16.6. The van der Waals surface area contributed by atoms with Gasteiger partial charge in [-0.2, -0.15) is 0 Å². The van der Waals surface area contributed by atoms with Crippen molar-refractivity contribution in [3.8, 4) is 0 Å². The fourth-order valence-corrected chi connectivity index (χ4v) is 4.42. The largest absolute Gasteiger partial charge is 0.330 e. The minimum atomic E-state index is -0.560. The van der Waals surface area contributed by atoms with Crippen LogP contribution in [0.25, 0.3) is 16.1 Å². The maximum absolute atomic E-state index is 12.9. The molecule has 4 heterocycles. The molecule has 0 aliphatic rings. The van der Waals surface area contributed by atoms with Gasteiger partial charge < -0.3 is 4.57 Å². The molecular weight excluding hydrogens is 416 g/mol. The molecule has 0 saturated heterocycles. The average molecular weight is 434 g/mol. The van der Waals surface area contributed by atoms with Gasteiger partial charge >= 0.3 is 5.69 Å². The van der Waals surface area contributed by atoms with Crippen molar-refractivity contribution in [2.75, 3.05) is 0 Å². The van der Waals surface area contributed by atoms with Crippen LogP contribution in [0, 0.1) is 0 Å². The fraction of sp³-hybridized carbons (Fsp3) is 0.190. The van der Waals surface area contributed by atoms with Crippen LogP contribution < -0.4 is 11.2 Å². The first-order valence-electron chi connectivity index (χ1n) is 9.76. The number of carbonyl (C=O) groups is 1. The third-order valence-corrected chi connectivity index (χ3v) is 5.93. The van der Waals surface area contributed by atoms with E-state index in [4.69, 9.17) is 0 Å². The number of aryl methyl sites for hydroxylation is 1. The van der Waals surface area contributed by atoms with Crippen LogP contribution in [0.15, 0.2) is 57.7 Å². The molecule has 0 radical (unpaired) electrons. The van der Waals surface area contributed by atoms with Gasteiger partial charge in [-0.1, -0.05) is 30.3 Å². The maximum Gasteiger partial charge on any atom is 0.330 e. The molecule has 9 nitrogen and oxygen atoms in total. The third-order valence-electron chi connectivity index (χ3n) is 5.16. The molecule has 0 bridgehead atoms. The van der Waals surface area contributed by atoms with Gasteiger partial charge in [0.1, 0.15) is 5.82 Å². The first kappa shape index (κ1) is 19.2. The summed E-state index contributed by atoms with van der Waals surface area (Å²) in [6, 6.07) is 8.89. The number of imidazole rings is 2. The van der Waals surface area contributed by atoms with Crippen molar-refractivity contribution >= 4 is 33.2 Å². The summed E-state index contributed by atoms with van der Waals surface area (Å²) in [5, 5.41) is 1.94. The van der Waals surface area contributed by atoms with Crippen molar-refractivity contribution in [2.24, 2.45) is 0 Å². The van der Waals surface area contributed by atoms with E-state index in [9.17, 15) is 14.4 Å². The second kappa shape index (κ2) is 7.47. The SMILES string of the molecule is CCn1c(=O)[nH]c(=O)c2c1nc(Cc1cn3ccsc3n1)n2CC(=O)c1ccccc1. The minimum Gasteiger partial charge on any atom is -0.314 e. The Morgan fingerprint density at radius 2 is 1.94 bits per heavy atom. The highest BCUT2D eigenvalue weighted by atomic mass is 32.1. The lowest BCUT2D eigenvalue weighted by molar-refractivity contribution is 0.0972. The van der Waals surface area contributed by atoms with Gasteiger partial charge in [0.25, 0.3) is 5.56 Å². The molecule has 10 heteroatoms. The smallest absolute Gasteiger partial charge is 0.314 e. The number of benzene rings is 1. The van der Waals surface area contributed by atoms with Crippen molar-refractivity contribution in [1.82, 2.24) is 28.5 Å². The summed E-state index contributed by atoms with van der Waals surface area (Å²) < 4.78 is 4.91. The van der Waals surface area contributed by atoms with Crippen molar-refractivity contribution in [2.45, 2.75) is 26.4 Å². The van der Waals surface area contributed by atoms with E-state index in [0.29, 0.717) is 24.4 Å². The van der Waals surface area contributed by atoms with Gasteiger partial charge in [-0.15, -0.1) is 11.3 Å². The Bertz CT molecular complexity index is 1510. The number of fused-ring (bicyclic) bond motifs is 2. The second-order valence-electron chi connectivity index (χ2n) is 7.08. The monoisotopic (exact) mass is 434 g/mol. The average Bonchev–Trinajstić information content (AvgIpc) is 3.43. The fourth-order valence-electron chi connectivity index (χ4n) is 3.70. The predicted octanol–water partition coefficient (Wildman–Crippen LogP) is 2.09. The first-order chi connectivity index (χ1) is 15.0. The zero-order chi connectivity index (χ0) is 21.5. The van der Waals surface area contributed by atoms with E-state index in [-0.39, 0.29) is 23.5 Å². The highest BCUT2D eigenvalue weighted by Gasteiger charge is 2.21. The molecule has 31 heavy (non-hydrogen) atoms. The Balaban J connectivity index is 1.67. The maximum atomic E-state index is 12.9. The van der Waals surface area contributed by atoms with E-state index < -0.39 is 11.2 Å². The lowest BCUT2D eigenvalue weighted by Gasteiger charge is -2.08. The standard InChI is InChI=1S/C21H18N6O3S/c1-2-26-18-17(19(29)24-20(26)30)27(12-15(28)13-6-4-3-5-7-13)16(23-18)10-14-11-25-8-9-31-21(25)22-14/h3-9,11H,2,10,12H2,1H3,(H,24,29,30). The lowest BCUT2D eigenvalue weighted by Crippen LogP contribution is -2.31. The quantitative estimate of drug-likeness (QED) is 0.412. The number of thiazole rings is 1. The molecule has 1 N–H and O–H groups in total. The molecule has 0 fully saturated rings. The Labute approximate surface area is 179 Å². The van der Waals surface area contributed by atoms with E-state index in [1.165, 1.54) is 15.9 Å².